The minimum atomic E-state index is 0.0665. The normalized spacial score (nSPS) is 19.5. The van der Waals surface area contributed by atoms with Gasteiger partial charge in [0.1, 0.15) is 0 Å². The molecule has 1 aromatic carbocycles. The average molecular weight is 314 g/mol. The SMILES string of the molecule is O=C(NC(Cc1ccccc1)c1cccs1)C1CCCNC1. The molecule has 0 bridgehead atoms. The van der Waals surface area contributed by atoms with Gasteiger partial charge in [0.15, 0.2) is 0 Å². The molecular weight excluding hydrogens is 292 g/mol. The molecule has 2 N–H and O–H groups in total. The Morgan fingerprint density at radius 1 is 1.27 bits per heavy atom. The van der Waals surface area contributed by atoms with Crippen molar-refractivity contribution in [3.63, 3.8) is 0 Å². The molecule has 1 aromatic heterocycles. The summed E-state index contributed by atoms with van der Waals surface area (Å²) in [6.07, 6.45) is 2.91. The molecule has 3 nitrogen and oxygen atoms in total. The maximum Gasteiger partial charge on any atom is 0.224 e. The molecule has 22 heavy (non-hydrogen) atoms. The van der Waals surface area contributed by atoms with Crippen molar-refractivity contribution in [1.82, 2.24) is 10.6 Å². The summed E-state index contributed by atoms with van der Waals surface area (Å²) in [6.45, 7) is 1.83. The van der Waals surface area contributed by atoms with Gasteiger partial charge in [0, 0.05) is 11.4 Å². The molecule has 4 heteroatoms. The van der Waals surface area contributed by atoms with E-state index in [1.54, 1.807) is 11.3 Å². The Labute approximate surface area is 135 Å². The summed E-state index contributed by atoms with van der Waals surface area (Å²) in [5.41, 5.74) is 1.25. The number of nitrogens with one attached hydrogen (secondary N) is 2. The van der Waals surface area contributed by atoms with Crippen molar-refractivity contribution >= 4 is 17.2 Å². The third-order valence-electron chi connectivity index (χ3n) is 4.15. The molecule has 0 radical (unpaired) electrons. The molecule has 1 aliphatic rings. The monoisotopic (exact) mass is 314 g/mol. The van der Waals surface area contributed by atoms with Gasteiger partial charge < -0.3 is 10.6 Å². The number of thiophene rings is 1. The highest BCUT2D eigenvalue weighted by Gasteiger charge is 2.24. The predicted octanol–water partition coefficient (Wildman–Crippen LogP) is 3.15. The second-order valence-electron chi connectivity index (χ2n) is 5.81. The third-order valence-corrected chi connectivity index (χ3v) is 5.14. The first-order valence-electron chi connectivity index (χ1n) is 7.91. The van der Waals surface area contributed by atoms with E-state index in [4.69, 9.17) is 0 Å². The van der Waals surface area contributed by atoms with E-state index in [2.05, 4.69) is 34.2 Å². The number of carbonyl (C=O) groups is 1. The Bertz CT molecular complexity index is 576. The van der Waals surface area contributed by atoms with Gasteiger partial charge in [0.05, 0.1) is 12.0 Å². The molecule has 2 atom stereocenters. The van der Waals surface area contributed by atoms with Gasteiger partial charge in [0.2, 0.25) is 5.91 Å². The summed E-state index contributed by atoms with van der Waals surface area (Å²) in [4.78, 5) is 13.8. The van der Waals surface area contributed by atoms with Crippen molar-refractivity contribution in [3.05, 3.63) is 58.3 Å². The van der Waals surface area contributed by atoms with E-state index in [-0.39, 0.29) is 17.9 Å². The lowest BCUT2D eigenvalue weighted by Crippen LogP contribution is -2.42. The fraction of sp³-hybridized carbons (Fsp3) is 0.389. The van der Waals surface area contributed by atoms with Crippen LogP contribution < -0.4 is 10.6 Å². The van der Waals surface area contributed by atoms with E-state index in [9.17, 15) is 4.79 Å². The Morgan fingerprint density at radius 2 is 2.14 bits per heavy atom. The van der Waals surface area contributed by atoms with Crippen molar-refractivity contribution in [3.8, 4) is 0 Å². The molecule has 0 saturated carbocycles. The fourth-order valence-electron chi connectivity index (χ4n) is 2.93. The van der Waals surface area contributed by atoms with Crippen LogP contribution in [-0.4, -0.2) is 19.0 Å². The van der Waals surface area contributed by atoms with Crippen LogP contribution in [0.3, 0.4) is 0 Å². The lowest BCUT2D eigenvalue weighted by atomic mass is 9.97. The molecule has 1 saturated heterocycles. The molecule has 1 fully saturated rings. The highest BCUT2D eigenvalue weighted by Crippen LogP contribution is 2.24. The molecule has 2 aromatic rings. The summed E-state index contributed by atoms with van der Waals surface area (Å²) < 4.78 is 0. The van der Waals surface area contributed by atoms with Crippen molar-refractivity contribution in [2.45, 2.75) is 25.3 Å². The zero-order chi connectivity index (χ0) is 15.2. The van der Waals surface area contributed by atoms with Gasteiger partial charge in [-0.25, -0.2) is 0 Å². The molecule has 3 rings (SSSR count). The van der Waals surface area contributed by atoms with E-state index >= 15 is 0 Å². The van der Waals surface area contributed by atoms with E-state index in [1.807, 2.05) is 24.3 Å². The van der Waals surface area contributed by atoms with Gasteiger partial charge >= 0.3 is 0 Å². The number of rotatable bonds is 5. The third kappa shape index (κ3) is 3.96. The zero-order valence-corrected chi connectivity index (χ0v) is 13.4. The van der Waals surface area contributed by atoms with Gasteiger partial charge in [-0.3, -0.25) is 4.79 Å². The smallest absolute Gasteiger partial charge is 0.224 e. The summed E-state index contributed by atoms with van der Waals surface area (Å²) in [5.74, 6) is 0.286. The molecule has 2 heterocycles. The molecule has 0 spiro atoms. The van der Waals surface area contributed by atoms with Crippen LogP contribution in [-0.2, 0) is 11.2 Å². The van der Waals surface area contributed by atoms with Crippen LogP contribution in [0.2, 0.25) is 0 Å². The number of benzene rings is 1. The first kappa shape index (κ1) is 15.3. The predicted molar refractivity (Wildman–Crippen MR) is 90.9 cm³/mol. The lowest BCUT2D eigenvalue weighted by Gasteiger charge is -2.25. The maximum absolute atomic E-state index is 12.5. The van der Waals surface area contributed by atoms with Crippen LogP contribution in [0.4, 0.5) is 0 Å². The average Bonchev–Trinajstić information content (AvgIpc) is 3.10. The number of piperidine rings is 1. The second-order valence-corrected chi connectivity index (χ2v) is 6.79. The van der Waals surface area contributed by atoms with Crippen LogP contribution in [0.1, 0.15) is 29.3 Å². The zero-order valence-electron chi connectivity index (χ0n) is 12.6. The minimum Gasteiger partial charge on any atom is -0.348 e. The largest absolute Gasteiger partial charge is 0.348 e. The Morgan fingerprint density at radius 3 is 2.82 bits per heavy atom. The quantitative estimate of drug-likeness (QED) is 0.890. The highest BCUT2D eigenvalue weighted by molar-refractivity contribution is 7.10. The molecule has 2 unspecified atom stereocenters. The fourth-order valence-corrected chi connectivity index (χ4v) is 3.71. The Balaban J connectivity index is 1.70. The van der Waals surface area contributed by atoms with Crippen molar-refractivity contribution in [1.29, 1.82) is 0 Å². The van der Waals surface area contributed by atoms with Crippen molar-refractivity contribution in [2.75, 3.05) is 13.1 Å². The van der Waals surface area contributed by atoms with E-state index in [0.29, 0.717) is 0 Å². The number of amides is 1. The van der Waals surface area contributed by atoms with E-state index < -0.39 is 0 Å². The number of carbonyl (C=O) groups excluding carboxylic acids is 1. The van der Waals surface area contributed by atoms with Gasteiger partial charge in [-0.05, 0) is 42.8 Å². The lowest BCUT2D eigenvalue weighted by molar-refractivity contribution is -0.126. The number of hydrogen-bond acceptors (Lipinski definition) is 3. The number of hydrogen-bond donors (Lipinski definition) is 2. The highest BCUT2D eigenvalue weighted by atomic mass is 32.1. The molecular formula is C18H22N2OS. The first-order chi connectivity index (χ1) is 10.8. The van der Waals surface area contributed by atoms with Gasteiger partial charge in [-0.15, -0.1) is 11.3 Å². The standard InChI is InChI=1S/C18H22N2OS/c21-18(15-8-4-10-19-13-15)20-16(17-9-5-11-22-17)12-14-6-2-1-3-7-14/h1-3,5-7,9,11,15-16,19H,4,8,10,12-13H2,(H,20,21). The van der Waals surface area contributed by atoms with Crippen LogP contribution in [0, 0.1) is 5.92 Å². The summed E-state index contributed by atoms with van der Waals surface area (Å²) in [6, 6.07) is 14.6. The second kappa shape index (κ2) is 7.56. The van der Waals surface area contributed by atoms with Crippen molar-refractivity contribution < 1.29 is 4.79 Å². The van der Waals surface area contributed by atoms with Crippen LogP contribution in [0.5, 0.6) is 0 Å². The molecule has 1 aliphatic heterocycles. The molecule has 0 aliphatic carbocycles. The first-order valence-corrected chi connectivity index (χ1v) is 8.79. The van der Waals surface area contributed by atoms with Crippen LogP contribution in [0.15, 0.2) is 47.8 Å². The molecule has 116 valence electrons. The molecule has 1 amide bonds. The van der Waals surface area contributed by atoms with Crippen LogP contribution in [0.25, 0.3) is 0 Å². The van der Waals surface area contributed by atoms with Crippen molar-refractivity contribution in [2.24, 2.45) is 5.92 Å². The Kier molecular flexibility index (Phi) is 5.24. The maximum atomic E-state index is 12.5. The van der Waals surface area contributed by atoms with Gasteiger partial charge in [0.25, 0.3) is 0 Å². The van der Waals surface area contributed by atoms with E-state index in [1.165, 1.54) is 10.4 Å². The van der Waals surface area contributed by atoms with Gasteiger partial charge in [-0.2, -0.15) is 0 Å². The minimum absolute atomic E-state index is 0.0665. The summed E-state index contributed by atoms with van der Waals surface area (Å²) >= 11 is 1.71. The van der Waals surface area contributed by atoms with Crippen LogP contribution >= 0.6 is 11.3 Å². The Hall–Kier alpha value is -1.65. The van der Waals surface area contributed by atoms with Gasteiger partial charge in [-0.1, -0.05) is 36.4 Å². The van der Waals surface area contributed by atoms with E-state index in [0.717, 1.165) is 32.4 Å². The summed E-state index contributed by atoms with van der Waals surface area (Å²) in [7, 11) is 0. The summed E-state index contributed by atoms with van der Waals surface area (Å²) in [5, 5.41) is 8.66. The topological polar surface area (TPSA) is 41.1 Å².